The molecule has 0 aliphatic carbocycles. The number of nitrogens with one attached hydrogen (secondary N) is 2. The number of halogens is 3. The predicted octanol–water partition coefficient (Wildman–Crippen LogP) is 1.08. The Morgan fingerprint density at radius 3 is 2.75 bits per heavy atom. The fraction of sp³-hybridized carbons (Fsp3) is 0.643. The van der Waals surface area contributed by atoms with Crippen LogP contribution in [0.2, 0.25) is 0 Å². The summed E-state index contributed by atoms with van der Waals surface area (Å²) in [6, 6.07) is -1.53. The molecular weight excluding hydrogens is 327 g/mol. The lowest BCUT2D eigenvalue weighted by Gasteiger charge is -2.33. The Bertz CT molecular complexity index is 614. The van der Waals surface area contributed by atoms with Gasteiger partial charge in [0.2, 0.25) is 5.91 Å². The highest BCUT2D eigenvalue weighted by Gasteiger charge is 2.37. The molecule has 10 heteroatoms. The smallest absolute Gasteiger partial charge is 0.334 e. The van der Waals surface area contributed by atoms with Gasteiger partial charge < -0.3 is 15.5 Å². The summed E-state index contributed by atoms with van der Waals surface area (Å²) in [5.41, 5.74) is 1.71. The van der Waals surface area contributed by atoms with Gasteiger partial charge in [-0.2, -0.15) is 18.3 Å². The van der Waals surface area contributed by atoms with Crippen molar-refractivity contribution >= 4 is 11.9 Å². The Labute approximate surface area is 137 Å². The molecule has 0 radical (unpaired) electrons. The second-order valence-corrected chi connectivity index (χ2v) is 5.78. The maximum absolute atomic E-state index is 12.4. The van der Waals surface area contributed by atoms with Crippen molar-refractivity contribution in [3.63, 3.8) is 0 Å². The number of amides is 3. The molecule has 3 amide bonds. The van der Waals surface area contributed by atoms with Gasteiger partial charge in [0.1, 0.15) is 12.6 Å². The highest BCUT2D eigenvalue weighted by molar-refractivity contribution is 5.87. The second-order valence-electron chi connectivity index (χ2n) is 5.78. The third-order valence-corrected chi connectivity index (χ3v) is 3.98. The highest BCUT2D eigenvalue weighted by atomic mass is 19.4. The number of hydrogen-bond acceptors (Lipinski definition) is 3. The fourth-order valence-electron chi connectivity index (χ4n) is 2.55. The van der Waals surface area contributed by atoms with Crippen molar-refractivity contribution in [2.24, 2.45) is 7.05 Å². The van der Waals surface area contributed by atoms with E-state index in [1.807, 2.05) is 6.92 Å². The molecule has 2 rings (SSSR count). The Morgan fingerprint density at radius 1 is 1.46 bits per heavy atom. The van der Waals surface area contributed by atoms with Crippen molar-refractivity contribution in [1.82, 2.24) is 25.3 Å². The van der Waals surface area contributed by atoms with Crippen molar-refractivity contribution in [2.75, 3.05) is 13.1 Å². The molecule has 7 nitrogen and oxygen atoms in total. The average Bonchev–Trinajstić information content (AvgIpc) is 2.79. The molecule has 24 heavy (non-hydrogen) atoms. The monoisotopic (exact) mass is 347 g/mol. The van der Waals surface area contributed by atoms with E-state index < -0.39 is 30.7 Å². The van der Waals surface area contributed by atoms with Crippen LogP contribution in [0.25, 0.3) is 0 Å². The van der Waals surface area contributed by atoms with Crippen LogP contribution in [0, 0.1) is 6.92 Å². The van der Waals surface area contributed by atoms with Gasteiger partial charge in [-0.25, -0.2) is 4.79 Å². The van der Waals surface area contributed by atoms with Crippen molar-refractivity contribution in [1.29, 1.82) is 0 Å². The normalized spacial score (nSPS) is 18.6. The topological polar surface area (TPSA) is 79.3 Å². The van der Waals surface area contributed by atoms with Crippen LogP contribution in [0.3, 0.4) is 0 Å². The molecule has 1 fully saturated rings. The van der Waals surface area contributed by atoms with Gasteiger partial charge in [-0.3, -0.25) is 9.48 Å². The van der Waals surface area contributed by atoms with Crippen LogP contribution in [-0.2, 0) is 18.4 Å². The van der Waals surface area contributed by atoms with Gasteiger partial charge in [-0.05, 0) is 19.8 Å². The van der Waals surface area contributed by atoms with Crippen LogP contribution >= 0.6 is 0 Å². The molecule has 0 spiro atoms. The average molecular weight is 347 g/mol. The molecule has 0 saturated carbocycles. The van der Waals surface area contributed by atoms with Gasteiger partial charge in [-0.1, -0.05) is 0 Å². The summed E-state index contributed by atoms with van der Waals surface area (Å²) in [6.45, 7) is 0.827. The van der Waals surface area contributed by atoms with E-state index >= 15 is 0 Å². The zero-order chi connectivity index (χ0) is 17.9. The summed E-state index contributed by atoms with van der Waals surface area (Å²) in [7, 11) is 1.77. The Morgan fingerprint density at radius 2 is 2.17 bits per heavy atom. The van der Waals surface area contributed by atoms with Gasteiger partial charge >= 0.3 is 12.2 Å². The fourth-order valence-corrected chi connectivity index (χ4v) is 2.55. The van der Waals surface area contributed by atoms with Crippen molar-refractivity contribution < 1.29 is 22.8 Å². The zero-order valence-corrected chi connectivity index (χ0v) is 13.5. The van der Waals surface area contributed by atoms with Crippen LogP contribution in [0.5, 0.6) is 0 Å². The highest BCUT2D eigenvalue weighted by Crippen LogP contribution is 2.20. The molecule has 1 unspecified atom stereocenters. The molecule has 1 atom stereocenters. The molecule has 1 aliphatic heterocycles. The van der Waals surface area contributed by atoms with Gasteiger partial charge in [0, 0.05) is 31.4 Å². The van der Waals surface area contributed by atoms with E-state index in [1.54, 1.807) is 17.9 Å². The summed E-state index contributed by atoms with van der Waals surface area (Å²) in [6.07, 6.45) is -2.09. The Hall–Kier alpha value is -2.26. The first-order valence-corrected chi connectivity index (χ1v) is 7.55. The van der Waals surface area contributed by atoms with Gasteiger partial charge in [0.25, 0.3) is 0 Å². The number of piperidine rings is 1. The maximum Gasteiger partial charge on any atom is 0.406 e. The lowest BCUT2D eigenvalue weighted by atomic mass is 10.0. The quantitative estimate of drug-likeness (QED) is 0.855. The first-order valence-electron chi connectivity index (χ1n) is 7.55. The molecule has 2 heterocycles. The van der Waals surface area contributed by atoms with E-state index in [-0.39, 0.29) is 13.1 Å². The number of aryl methyl sites for hydroxylation is 1. The molecule has 1 aliphatic rings. The van der Waals surface area contributed by atoms with E-state index in [0.29, 0.717) is 12.8 Å². The lowest BCUT2D eigenvalue weighted by Crippen LogP contribution is -2.55. The summed E-state index contributed by atoms with van der Waals surface area (Å²) in [5.74, 6) is -0.703. The number of likely N-dealkylation sites (tertiary alicyclic amines) is 1. The Balaban J connectivity index is 1.86. The Kier molecular flexibility index (Phi) is 5.35. The number of carbonyl (C=O) groups is 2. The van der Waals surface area contributed by atoms with Crippen LogP contribution in [-0.4, -0.2) is 51.9 Å². The minimum Gasteiger partial charge on any atom is -0.334 e. The predicted molar refractivity (Wildman–Crippen MR) is 79.0 cm³/mol. The van der Waals surface area contributed by atoms with Gasteiger partial charge in [0.05, 0.1) is 6.20 Å². The second kappa shape index (κ2) is 7.10. The minimum atomic E-state index is -4.45. The van der Waals surface area contributed by atoms with Crippen LogP contribution in [0.1, 0.15) is 24.1 Å². The molecule has 1 saturated heterocycles. The molecule has 0 aromatic carbocycles. The molecule has 134 valence electrons. The zero-order valence-electron chi connectivity index (χ0n) is 13.5. The molecule has 0 bridgehead atoms. The summed E-state index contributed by atoms with van der Waals surface area (Å²) in [4.78, 5) is 24.7. The van der Waals surface area contributed by atoms with E-state index in [9.17, 15) is 22.8 Å². The van der Waals surface area contributed by atoms with Crippen LogP contribution in [0.15, 0.2) is 6.20 Å². The maximum atomic E-state index is 12.4. The molecule has 2 N–H and O–H groups in total. The number of alkyl halides is 3. The lowest BCUT2D eigenvalue weighted by molar-refractivity contribution is -0.164. The van der Waals surface area contributed by atoms with Gasteiger partial charge in [-0.15, -0.1) is 0 Å². The van der Waals surface area contributed by atoms with E-state index in [0.717, 1.165) is 16.2 Å². The van der Waals surface area contributed by atoms with E-state index in [1.165, 1.54) is 0 Å². The van der Waals surface area contributed by atoms with Crippen LogP contribution < -0.4 is 10.6 Å². The molecule has 1 aromatic heterocycles. The SMILES string of the molecule is Cc1c(CNC(=O)NC2CCCN(CC(F)(F)F)C2=O)cnn1C. The number of carbonyl (C=O) groups excluding carboxylic acids is 2. The minimum absolute atomic E-state index is 0.0486. The van der Waals surface area contributed by atoms with E-state index in [2.05, 4.69) is 15.7 Å². The number of hydrogen-bond donors (Lipinski definition) is 2. The van der Waals surface area contributed by atoms with Crippen molar-refractivity contribution in [2.45, 2.75) is 38.5 Å². The third-order valence-electron chi connectivity index (χ3n) is 3.98. The molecule has 1 aromatic rings. The number of urea groups is 1. The summed E-state index contributed by atoms with van der Waals surface area (Å²) >= 11 is 0. The number of aromatic nitrogens is 2. The number of nitrogens with zero attached hydrogens (tertiary/aromatic N) is 3. The summed E-state index contributed by atoms with van der Waals surface area (Å²) < 4.78 is 39.0. The van der Waals surface area contributed by atoms with E-state index in [4.69, 9.17) is 0 Å². The molecular formula is C14H20F3N5O2. The number of rotatable bonds is 4. The first kappa shape index (κ1) is 18.1. The van der Waals surface area contributed by atoms with Crippen molar-refractivity contribution in [3.05, 3.63) is 17.5 Å². The first-order chi connectivity index (χ1) is 11.2. The van der Waals surface area contributed by atoms with Crippen LogP contribution in [0.4, 0.5) is 18.0 Å². The van der Waals surface area contributed by atoms with Gasteiger partial charge in [0.15, 0.2) is 0 Å². The summed E-state index contributed by atoms with van der Waals surface area (Å²) in [5, 5.41) is 9.08. The standard InChI is InChI=1S/C14H20F3N5O2/c1-9-10(7-19-21(9)2)6-18-13(24)20-11-4-3-5-22(12(11)23)8-14(15,16)17/h7,11H,3-6,8H2,1-2H3,(H2,18,20,24). The van der Waals surface area contributed by atoms with Crippen molar-refractivity contribution in [3.8, 4) is 0 Å². The third kappa shape index (κ3) is 4.62. The largest absolute Gasteiger partial charge is 0.406 e.